The van der Waals surface area contributed by atoms with Crippen molar-refractivity contribution < 1.29 is 13.3 Å². The van der Waals surface area contributed by atoms with Crippen LogP contribution in [0.5, 0.6) is 0 Å². The van der Waals surface area contributed by atoms with E-state index in [2.05, 4.69) is 10.0 Å². The van der Waals surface area contributed by atoms with Gasteiger partial charge in [-0.2, -0.15) is 0 Å². The van der Waals surface area contributed by atoms with Crippen molar-refractivity contribution in [3.8, 4) is 0 Å². The average molecular weight is 287 g/mol. The van der Waals surface area contributed by atoms with Crippen molar-refractivity contribution in [1.29, 1.82) is 0 Å². The van der Waals surface area contributed by atoms with E-state index < -0.39 is 14.9 Å². The summed E-state index contributed by atoms with van der Waals surface area (Å²) in [6.07, 6.45) is 0. The van der Waals surface area contributed by atoms with Gasteiger partial charge in [0, 0.05) is 24.7 Å². The zero-order valence-corrected chi connectivity index (χ0v) is 11.7. The molecule has 1 aromatic rings. The third-order valence-electron chi connectivity index (χ3n) is 2.53. The van der Waals surface area contributed by atoms with E-state index in [0.29, 0.717) is 12.1 Å². The Morgan fingerprint density at radius 2 is 2.00 bits per heavy atom. The van der Waals surface area contributed by atoms with E-state index in [9.17, 15) is 18.5 Å². The third kappa shape index (κ3) is 4.27. The number of nitrogens with one attached hydrogen (secondary N) is 2. The van der Waals surface area contributed by atoms with Gasteiger partial charge in [-0.1, -0.05) is 13.0 Å². The number of nitro groups is 1. The Bertz CT molecular complexity index is 557. The predicted octanol–water partition coefficient (Wildman–Crippen LogP) is 0.791. The fraction of sp³-hybridized carbons (Fsp3) is 0.455. The molecule has 0 spiro atoms. The lowest BCUT2D eigenvalue weighted by Crippen LogP contribution is -2.31. The van der Waals surface area contributed by atoms with E-state index in [1.54, 1.807) is 6.92 Å². The summed E-state index contributed by atoms with van der Waals surface area (Å²) in [5.41, 5.74) is 0.228. The maximum absolute atomic E-state index is 11.9. The third-order valence-corrected chi connectivity index (χ3v) is 3.99. The molecule has 0 saturated heterocycles. The molecule has 7 nitrogen and oxygen atoms in total. The van der Waals surface area contributed by atoms with Crippen LogP contribution in [0.25, 0.3) is 0 Å². The molecule has 0 fully saturated rings. The number of rotatable bonds is 7. The number of hydrogen-bond donors (Lipinski definition) is 2. The van der Waals surface area contributed by atoms with Crippen molar-refractivity contribution in [2.75, 3.05) is 19.6 Å². The summed E-state index contributed by atoms with van der Waals surface area (Å²) in [6, 6.07) is 3.86. The molecular weight excluding hydrogens is 270 g/mol. The Labute approximate surface area is 112 Å². The van der Waals surface area contributed by atoms with Crippen LogP contribution in [0, 0.1) is 17.0 Å². The van der Waals surface area contributed by atoms with Crippen molar-refractivity contribution in [1.82, 2.24) is 10.0 Å². The lowest BCUT2D eigenvalue weighted by Gasteiger charge is -2.07. The van der Waals surface area contributed by atoms with Gasteiger partial charge in [-0.25, -0.2) is 13.1 Å². The molecule has 0 saturated carbocycles. The summed E-state index contributed by atoms with van der Waals surface area (Å²) in [6.45, 7) is 4.96. The van der Waals surface area contributed by atoms with Gasteiger partial charge in [-0.3, -0.25) is 10.1 Å². The van der Waals surface area contributed by atoms with Crippen LogP contribution in [0.4, 0.5) is 5.69 Å². The molecule has 0 amide bonds. The molecule has 106 valence electrons. The quantitative estimate of drug-likeness (QED) is 0.438. The molecule has 19 heavy (non-hydrogen) atoms. The highest BCUT2D eigenvalue weighted by molar-refractivity contribution is 7.89. The van der Waals surface area contributed by atoms with Crippen molar-refractivity contribution in [3.05, 3.63) is 33.9 Å². The SMILES string of the molecule is CCNCCNS(=O)(=O)c1ccc(C)c([N+](=O)[O-])c1. The summed E-state index contributed by atoms with van der Waals surface area (Å²) in [5.74, 6) is 0. The first kappa shape index (κ1) is 15.5. The normalized spacial score (nSPS) is 11.5. The molecule has 0 unspecified atom stereocenters. The average Bonchev–Trinajstić information content (AvgIpc) is 2.34. The molecule has 0 heterocycles. The summed E-state index contributed by atoms with van der Waals surface area (Å²) in [4.78, 5) is 10.1. The van der Waals surface area contributed by atoms with Crippen LogP contribution in [0.1, 0.15) is 12.5 Å². The molecule has 0 aromatic heterocycles. The van der Waals surface area contributed by atoms with Crippen LogP contribution in [0.3, 0.4) is 0 Å². The molecule has 1 rings (SSSR count). The van der Waals surface area contributed by atoms with Gasteiger partial charge in [0.1, 0.15) is 0 Å². The van der Waals surface area contributed by atoms with Gasteiger partial charge in [0.05, 0.1) is 9.82 Å². The van der Waals surface area contributed by atoms with Gasteiger partial charge in [-0.05, 0) is 19.5 Å². The van der Waals surface area contributed by atoms with Crippen molar-refractivity contribution >= 4 is 15.7 Å². The Hall–Kier alpha value is -1.51. The van der Waals surface area contributed by atoms with Crippen LogP contribution < -0.4 is 10.0 Å². The largest absolute Gasteiger partial charge is 0.316 e. The zero-order valence-electron chi connectivity index (χ0n) is 10.8. The number of sulfonamides is 1. The van der Waals surface area contributed by atoms with E-state index in [0.717, 1.165) is 12.6 Å². The maximum Gasteiger partial charge on any atom is 0.273 e. The first-order chi connectivity index (χ1) is 8.88. The topological polar surface area (TPSA) is 101 Å². The molecule has 0 radical (unpaired) electrons. The van der Waals surface area contributed by atoms with Crippen molar-refractivity contribution in [2.24, 2.45) is 0 Å². The van der Waals surface area contributed by atoms with Gasteiger partial charge in [0.25, 0.3) is 5.69 Å². The van der Waals surface area contributed by atoms with Gasteiger partial charge < -0.3 is 5.32 Å². The lowest BCUT2D eigenvalue weighted by atomic mass is 10.2. The number of likely N-dealkylation sites (N-methyl/N-ethyl adjacent to an activating group) is 1. The predicted molar refractivity (Wildman–Crippen MR) is 71.6 cm³/mol. The van der Waals surface area contributed by atoms with Gasteiger partial charge in [-0.15, -0.1) is 0 Å². The minimum absolute atomic E-state index is 0.0960. The minimum Gasteiger partial charge on any atom is -0.316 e. The molecule has 1 aromatic carbocycles. The second kappa shape index (κ2) is 6.60. The van der Waals surface area contributed by atoms with E-state index in [-0.39, 0.29) is 17.1 Å². The lowest BCUT2D eigenvalue weighted by molar-refractivity contribution is -0.385. The van der Waals surface area contributed by atoms with Crippen molar-refractivity contribution in [3.63, 3.8) is 0 Å². The zero-order chi connectivity index (χ0) is 14.5. The van der Waals surface area contributed by atoms with Gasteiger partial charge in [0.2, 0.25) is 10.0 Å². The molecule has 0 atom stereocenters. The first-order valence-electron chi connectivity index (χ1n) is 5.84. The van der Waals surface area contributed by atoms with Crippen LogP contribution >= 0.6 is 0 Å². The maximum atomic E-state index is 11.9. The summed E-state index contributed by atoms with van der Waals surface area (Å²) >= 11 is 0. The standard InChI is InChI=1S/C11H17N3O4S/c1-3-12-6-7-13-19(17,18)10-5-4-9(2)11(8-10)14(15)16/h4-5,8,12-13H,3,6-7H2,1-2H3. The van der Waals surface area contributed by atoms with E-state index >= 15 is 0 Å². The molecule has 0 aliphatic heterocycles. The molecule has 0 bridgehead atoms. The fourth-order valence-corrected chi connectivity index (χ4v) is 2.54. The Morgan fingerprint density at radius 3 is 2.58 bits per heavy atom. The highest BCUT2D eigenvalue weighted by Crippen LogP contribution is 2.21. The van der Waals surface area contributed by atoms with Crippen LogP contribution in [0.2, 0.25) is 0 Å². The Morgan fingerprint density at radius 1 is 1.32 bits per heavy atom. The molecular formula is C11H17N3O4S. The Balaban J connectivity index is 2.89. The smallest absolute Gasteiger partial charge is 0.273 e. The number of aryl methyl sites for hydroxylation is 1. The Kier molecular flexibility index (Phi) is 5.40. The first-order valence-corrected chi connectivity index (χ1v) is 7.32. The second-order valence-corrected chi connectivity index (χ2v) is 5.72. The number of benzene rings is 1. The molecule has 0 aliphatic rings. The highest BCUT2D eigenvalue weighted by atomic mass is 32.2. The molecule has 8 heteroatoms. The summed E-state index contributed by atoms with van der Waals surface area (Å²) in [7, 11) is -3.71. The van der Waals surface area contributed by atoms with Gasteiger partial charge in [0.15, 0.2) is 0 Å². The van der Waals surface area contributed by atoms with Crippen LogP contribution in [0.15, 0.2) is 23.1 Å². The summed E-state index contributed by atoms with van der Waals surface area (Å²) < 4.78 is 26.2. The van der Waals surface area contributed by atoms with Crippen molar-refractivity contribution in [2.45, 2.75) is 18.7 Å². The van der Waals surface area contributed by atoms with E-state index in [1.807, 2.05) is 6.92 Å². The number of nitro benzene ring substituents is 1. The van der Waals surface area contributed by atoms with Crippen LogP contribution in [-0.2, 0) is 10.0 Å². The summed E-state index contributed by atoms with van der Waals surface area (Å²) in [5, 5.41) is 13.8. The number of nitrogens with zero attached hydrogens (tertiary/aromatic N) is 1. The van der Waals surface area contributed by atoms with E-state index in [4.69, 9.17) is 0 Å². The number of hydrogen-bond acceptors (Lipinski definition) is 5. The van der Waals surface area contributed by atoms with Gasteiger partial charge >= 0.3 is 0 Å². The molecule has 2 N–H and O–H groups in total. The van der Waals surface area contributed by atoms with E-state index in [1.165, 1.54) is 12.1 Å². The highest BCUT2D eigenvalue weighted by Gasteiger charge is 2.19. The van der Waals surface area contributed by atoms with Crippen LogP contribution in [-0.4, -0.2) is 33.0 Å². The fourth-order valence-electron chi connectivity index (χ4n) is 1.49. The minimum atomic E-state index is -3.71. The second-order valence-electron chi connectivity index (χ2n) is 3.96. The monoisotopic (exact) mass is 287 g/mol. The molecule has 0 aliphatic carbocycles.